The predicted octanol–water partition coefficient (Wildman–Crippen LogP) is 5.33. The number of fused-ring (bicyclic) bond motifs is 1. The summed E-state index contributed by atoms with van der Waals surface area (Å²) in [4.78, 5) is 56.7. The molecule has 2 atom stereocenters. The molecule has 0 aliphatic carbocycles. The maximum absolute atomic E-state index is 12.5. The molecule has 1 aromatic heterocycles. The normalized spacial score (nSPS) is 20.1. The van der Waals surface area contributed by atoms with Crippen LogP contribution >= 0.6 is 0 Å². The first-order valence-electron chi connectivity index (χ1n) is 15.4. The zero-order chi connectivity index (χ0) is 36.9. The van der Waals surface area contributed by atoms with E-state index in [1.165, 1.54) is 0 Å². The SMILES string of the molecule is COC(=O)C(F)(F)F.Cc1cc(COc2ccc(C3(CNC(=O)OC(C)(C)C)CC(CC4(C)NC(=O)NC4=O)=NO3)cc2)c2ccccc2n1. The van der Waals surface area contributed by atoms with E-state index >= 15 is 0 Å². The van der Waals surface area contributed by atoms with Crippen molar-refractivity contribution in [2.24, 2.45) is 5.16 Å². The molecule has 2 unspecified atom stereocenters. The number of halogens is 3. The summed E-state index contributed by atoms with van der Waals surface area (Å²) in [6, 6.07) is 16.8. The fourth-order valence-electron chi connectivity index (χ4n) is 5.28. The summed E-state index contributed by atoms with van der Waals surface area (Å²) in [5.41, 5.74) is 1.31. The molecule has 50 heavy (non-hydrogen) atoms. The van der Waals surface area contributed by atoms with Crippen molar-refractivity contribution in [2.75, 3.05) is 13.7 Å². The van der Waals surface area contributed by atoms with Gasteiger partial charge in [0.25, 0.3) is 5.91 Å². The Morgan fingerprint density at radius 2 is 1.74 bits per heavy atom. The van der Waals surface area contributed by atoms with Crippen molar-refractivity contribution in [3.63, 3.8) is 0 Å². The van der Waals surface area contributed by atoms with Gasteiger partial charge in [-0.15, -0.1) is 0 Å². The number of methoxy groups -OCH3 is 1. The Kier molecular flexibility index (Phi) is 10.9. The van der Waals surface area contributed by atoms with Gasteiger partial charge in [-0.1, -0.05) is 35.5 Å². The van der Waals surface area contributed by atoms with Gasteiger partial charge >= 0.3 is 24.3 Å². The second-order valence-electron chi connectivity index (χ2n) is 12.9. The van der Waals surface area contributed by atoms with E-state index in [2.05, 4.69) is 30.8 Å². The first kappa shape index (κ1) is 37.4. The highest BCUT2D eigenvalue weighted by Crippen LogP contribution is 2.38. The van der Waals surface area contributed by atoms with E-state index in [0.29, 0.717) is 25.2 Å². The van der Waals surface area contributed by atoms with Crippen molar-refractivity contribution in [3.8, 4) is 5.75 Å². The highest BCUT2D eigenvalue weighted by molar-refractivity contribution is 6.09. The lowest BCUT2D eigenvalue weighted by molar-refractivity contribution is -0.196. The maximum Gasteiger partial charge on any atom is 0.490 e. The molecule has 1 fully saturated rings. The van der Waals surface area contributed by atoms with Crippen LogP contribution in [0.25, 0.3) is 10.9 Å². The minimum Gasteiger partial charge on any atom is -0.489 e. The number of alkyl halides is 3. The topological polar surface area (TPSA) is 167 Å². The maximum atomic E-state index is 12.5. The second kappa shape index (κ2) is 14.6. The van der Waals surface area contributed by atoms with Crippen LogP contribution in [0, 0.1) is 6.92 Å². The zero-order valence-electron chi connectivity index (χ0n) is 28.3. The van der Waals surface area contributed by atoms with E-state index in [1.807, 2.05) is 61.5 Å². The van der Waals surface area contributed by atoms with Gasteiger partial charge in [-0.25, -0.2) is 14.4 Å². The van der Waals surface area contributed by atoms with Crippen molar-refractivity contribution in [3.05, 3.63) is 71.4 Å². The molecule has 5 rings (SSSR count). The van der Waals surface area contributed by atoms with Crippen molar-refractivity contribution in [1.29, 1.82) is 0 Å². The summed E-state index contributed by atoms with van der Waals surface area (Å²) >= 11 is 0. The summed E-state index contributed by atoms with van der Waals surface area (Å²) in [5, 5.41) is 13.0. The van der Waals surface area contributed by atoms with Gasteiger partial charge in [0.15, 0.2) is 5.60 Å². The smallest absolute Gasteiger partial charge is 0.489 e. The molecule has 1 saturated heterocycles. The van der Waals surface area contributed by atoms with Crippen LogP contribution in [0.3, 0.4) is 0 Å². The summed E-state index contributed by atoms with van der Waals surface area (Å²) < 4.78 is 47.8. The number of hydrogen-bond donors (Lipinski definition) is 3. The number of esters is 1. The van der Waals surface area contributed by atoms with Gasteiger partial charge in [0.2, 0.25) is 0 Å². The molecule has 2 aromatic carbocycles. The number of oxime groups is 1. The lowest BCUT2D eigenvalue weighted by Crippen LogP contribution is -2.46. The van der Waals surface area contributed by atoms with E-state index in [-0.39, 0.29) is 19.4 Å². The highest BCUT2D eigenvalue weighted by atomic mass is 19.4. The predicted molar refractivity (Wildman–Crippen MR) is 174 cm³/mol. The monoisotopic (exact) mass is 701 g/mol. The van der Waals surface area contributed by atoms with E-state index < -0.39 is 46.9 Å². The summed E-state index contributed by atoms with van der Waals surface area (Å²) in [7, 11) is 0.676. The largest absolute Gasteiger partial charge is 0.490 e. The number of nitrogens with zero attached hydrogens (tertiary/aromatic N) is 2. The molecule has 2 aliphatic rings. The first-order chi connectivity index (χ1) is 23.3. The number of urea groups is 1. The van der Waals surface area contributed by atoms with Crippen LogP contribution in [0.1, 0.15) is 57.4 Å². The van der Waals surface area contributed by atoms with Crippen molar-refractivity contribution >= 4 is 40.6 Å². The third-order valence-corrected chi connectivity index (χ3v) is 7.55. The Morgan fingerprint density at radius 3 is 2.32 bits per heavy atom. The first-order valence-corrected chi connectivity index (χ1v) is 15.4. The van der Waals surface area contributed by atoms with Gasteiger partial charge in [0, 0.05) is 35.0 Å². The lowest BCUT2D eigenvalue weighted by atomic mass is 9.85. The summed E-state index contributed by atoms with van der Waals surface area (Å²) in [6.07, 6.45) is -5.01. The molecule has 0 radical (unpaired) electrons. The van der Waals surface area contributed by atoms with E-state index in [9.17, 15) is 32.3 Å². The van der Waals surface area contributed by atoms with Crippen LogP contribution in [0.4, 0.5) is 22.8 Å². The Morgan fingerprint density at radius 1 is 1.06 bits per heavy atom. The van der Waals surface area contributed by atoms with Gasteiger partial charge < -0.3 is 29.7 Å². The number of para-hydroxylation sites is 1. The lowest BCUT2D eigenvalue weighted by Gasteiger charge is -2.29. The molecule has 3 aromatic rings. The molecule has 0 spiro atoms. The fourth-order valence-corrected chi connectivity index (χ4v) is 5.28. The van der Waals surface area contributed by atoms with Crippen LogP contribution in [0.2, 0.25) is 0 Å². The number of rotatable bonds is 8. The number of nitrogens with one attached hydrogen (secondary N) is 3. The van der Waals surface area contributed by atoms with Crippen molar-refractivity contribution in [1.82, 2.24) is 20.9 Å². The van der Waals surface area contributed by atoms with Gasteiger partial charge in [0.05, 0.1) is 24.9 Å². The van der Waals surface area contributed by atoms with E-state index in [0.717, 1.165) is 27.7 Å². The number of carbonyl (C=O) groups is 4. The molecule has 3 heterocycles. The third kappa shape index (κ3) is 9.39. The Balaban J connectivity index is 0.000000627. The minimum atomic E-state index is -4.85. The number of pyridine rings is 1. The second-order valence-corrected chi connectivity index (χ2v) is 12.9. The Bertz CT molecular complexity index is 1790. The molecule has 13 nitrogen and oxygen atoms in total. The summed E-state index contributed by atoms with van der Waals surface area (Å²) in [5.74, 6) is -1.94. The van der Waals surface area contributed by atoms with Crippen LogP contribution in [-0.4, -0.2) is 65.7 Å². The highest BCUT2D eigenvalue weighted by Gasteiger charge is 2.48. The number of aromatic nitrogens is 1. The quantitative estimate of drug-likeness (QED) is 0.208. The Hall–Kier alpha value is -5.41. The molecule has 268 valence electrons. The molecular weight excluding hydrogens is 663 g/mol. The van der Waals surface area contributed by atoms with Crippen LogP contribution < -0.4 is 20.7 Å². The minimum absolute atomic E-state index is 0.0622. The fraction of sp³-hybridized carbons (Fsp3) is 0.412. The van der Waals surface area contributed by atoms with Crippen LogP contribution in [0.15, 0.2) is 59.8 Å². The molecule has 0 saturated carbocycles. The van der Waals surface area contributed by atoms with Crippen molar-refractivity contribution < 1.29 is 51.4 Å². The van der Waals surface area contributed by atoms with Gasteiger partial charge in [-0.2, -0.15) is 13.2 Å². The number of alkyl carbamates (subject to hydrolysis) is 1. The van der Waals surface area contributed by atoms with E-state index in [4.69, 9.17) is 14.3 Å². The molecule has 0 bridgehead atoms. The molecule has 16 heteroatoms. The summed E-state index contributed by atoms with van der Waals surface area (Å²) in [6.45, 7) is 9.37. The van der Waals surface area contributed by atoms with Crippen molar-refractivity contribution in [2.45, 2.75) is 77.0 Å². The standard InChI is InChI=1S/C31H35N5O6.C3H3F3O2/c1-19-14-20(24-8-6-7-9-25(24)33-19)17-40-23-12-10-21(11-13-23)31(18-32-28(39)41-29(2,3)4)16-22(36-42-31)15-30(5)26(37)34-27(38)35-30;1-8-2(7)3(4,5)6/h6-14H,15-18H2,1-5H3,(H,32,39)(H2,34,35,37,38);1H3. The Labute approximate surface area is 285 Å². The number of benzene rings is 2. The number of hydrogen-bond acceptors (Lipinski definition) is 10. The molecule has 2 aliphatic heterocycles. The van der Waals surface area contributed by atoms with Gasteiger partial charge in [-0.3, -0.25) is 15.1 Å². The average Bonchev–Trinajstić information content (AvgIpc) is 3.55. The van der Waals surface area contributed by atoms with Gasteiger partial charge in [-0.05, 0) is 58.9 Å². The number of aryl methyl sites for hydroxylation is 1. The third-order valence-electron chi connectivity index (χ3n) is 7.55. The molecule has 4 amide bonds. The van der Waals surface area contributed by atoms with E-state index in [1.54, 1.807) is 27.7 Å². The number of imide groups is 1. The van der Waals surface area contributed by atoms with Gasteiger partial charge in [0.1, 0.15) is 23.5 Å². The average molecular weight is 702 g/mol. The zero-order valence-corrected chi connectivity index (χ0v) is 28.3. The number of amides is 4. The number of carbonyl (C=O) groups excluding carboxylic acids is 4. The molecular formula is C34H38F3N5O8. The number of ether oxygens (including phenoxy) is 3. The van der Waals surface area contributed by atoms with Crippen LogP contribution in [-0.2, 0) is 36.1 Å². The molecule has 3 N–H and O–H groups in total. The van der Waals surface area contributed by atoms with Crippen LogP contribution in [0.5, 0.6) is 5.75 Å².